The Balaban J connectivity index is 1.42. The van der Waals surface area contributed by atoms with Crippen LogP contribution in [0.25, 0.3) is 0 Å². The third-order valence-corrected chi connectivity index (χ3v) is 4.26. The molecule has 1 aromatic carbocycles. The number of aliphatic imine (C=N–C) groups is 1. The summed E-state index contributed by atoms with van der Waals surface area (Å²) < 4.78 is 23.8. The van der Waals surface area contributed by atoms with Gasteiger partial charge >= 0.3 is 0 Å². The number of furan rings is 1. The Kier molecular flexibility index (Phi) is 6.30. The molecule has 144 valence electrons. The van der Waals surface area contributed by atoms with Crippen LogP contribution in [0.2, 0.25) is 0 Å². The summed E-state index contributed by atoms with van der Waals surface area (Å²) in [7, 11) is 1.72. The molecule has 2 heterocycles. The van der Waals surface area contributed by atoms with E-state index in [-0.39, 0.29) is 11.7 Å². The summed E-state index contributed by atoms with van der Waals surface area (Å²) in [5, 5.41) is 3.23. The first-order valence-electron chi connectivity index (χ1n) is 8.84. The molecule has 0 spiro atoms. The molecule has 7 nitrogen and oxygen atoms in total. The normalized spacial score (nSPS) is 15.0. The summed E-state index contributed by atoms with van der Waals surface area (Å²) in [6.07, 6.45) is 1.50. The van der Waals surface area contributed by atoms with Crippen molar-refractivity contribution in [3.63, 3.8) is 0 Å². The maximum atomic E-state index is 13.1. The van der Waals surface area contributed by atoms with Crippen LogP contribution >= 0.6 is 0 Å². The zero-order chi connectivity index (χ0) is 19.1. The fraction of sp³-hybridized carbons (Fsp3) is 0.368. The van der Waals surface area contributed by atoms with E-state index in [1.807, 2.05) is 0 Å². The molecule has 1 saturated heterocycles. The third-order valence-electron chi connectivity index (χ3n) is 4.26. The van der Waals surface area contributed by atoms with Gasteiger partial charge in [0, 0.05) is 39.3 Å². The fourth-order valence-corrected chi connectivity index (χ4v) is 2.90. The first-order valence-corrected chi connectivity index (χ1v) is 8.84. The molecule has 0 aliphatic carbocycles. The number of halogens is 1. The molecule has 1 aromatic heterocycles. The number of carbonyl (C=O) groups is 1. The monoisotopic (exact) mass is 374 g/mol. The first kappa shape index (κ1) is 18.8. The highest BCUT2D eigenvalue weighted by molar-refractivity contribution is 5.91. The molecule has 3 rings (SSSR count). The topological polar surface area (TPSA) is 70.3 Å². The van der Waals surface area contributed by atoms with Crippen LogP contribution in [0.4, 0.5) is 4.39 Å². The number of nitrogens with zero attached hydrogens (tertiary/aromatic N) is 3. The lowest BCUT2D eigenvalue weighted by Gasteiger charge is -2.36. The predicted octanol–water partition coefficient (Wildman–Crippen LogP) is 1.83. The quantitative estimate of drug-likeness (QED) is 0.491. The largest absolute Gasteiger partial charge is 0.492 e. The summed E-state index contributed by atoms with van der Waals surface area (Å²) in [6, 6.07) is 9.44. The Hall–Kier alpha value is -3.03. The molecule has 1 aliphatic rings. The molecule has 1 N–H and O–H groups in total. The number of amides is 1. The molecule has 0 unspecified atom stereocenters. The highest BCUT2D eigenvalue weighted by Gasteiger charge is 2.25. The molecule has 0 atom stereocenters. The van der Waals surface area contributed by atoms with Gasteiger partial charge in [0.2, 0.25) is 0 Å². The van der Waals surface area contributed by atoms with Crippen molar-refractivity contribution in [1.82, 2.24) is 15.1 Å². The highest BCUT2D eigenvalue weighted by Crippen LogP contribution is 2.12. The Morgan fingerprint density at radius 1 is 1.22 bits per heavy atom. The SMILES string of the molecule is CN=C(NCCOc1cccc(F)c1)N1CCN(C(=O)c2ccco2)CC1. The number of carbonyl (C=O) groups excluding carboxylic acids is 1. The van der Waals surface area contributed by atoms with Gasteiger partial charge in [0.15, 0.2) is 11.7 Å². The number of rotatable bonds is 5. The van der Waals surface area contributed by atoms with E-state index in [4.69, 9.17) is 9.15 Å². The molecule has 2 aromatic rings. The molecule has 27 heavy (non-hydrogen) atoms. The van der Waals surface area contributed by atoms with Gasteiger partial charge in [-0.05, 0) is 24.3 Å². The van der Waals surface area contributed by atoms with E-state index in [1.54, 1.807) is 36.2 Å². The number of piperazine rings is 1. The van der Waals surface area contributed by atoms with Gasteiger partial charge in [-0.25, -0.2) is 4.39 Å². The first-order chi connectivity index (χ1) is 13.2. The predicted molar refractivity (Wildman–Crippen MR) is 99.4 cm³/mol. The van der Waals surface area contributed by atoms with Gasteiger partial charge in [-0.1, -0.05) is 6.07 Å². The van der Waals surface area contributed by atoms with E-state index in [0.717, 1.165) is 5.96 Å². The maximum Gasteiger partial charge on any atom is 0.289 e. The van der Waals surface area contributed by atoms with Crippen molar-refractivity contribution in [2.24, 2.45) is 4.99 Å². The smallest absolute Gasteiger partial charge is 0.289 e. The molecular formula is C19H23FN4O3. The van der Waals surface area contributed by atoms with Crippen LogP contribution in [-0.4, -0.2) is 68.0 Å². The molecule has 1 amide bonds. The van der Waals surface area contributed by atoms with Crippen molar-refractivity contribution in [2.45, 2.75) is 0 Å². The second kappa shape index (κ2) is 9.07. The lowest BCUT2D eigenvalue weighted by atomic mass is 10.3. The van der Waals surface area contributed by atoms with Gasteiger partial charge in [0.25, 0.3) is 5.91 Å². The Labute approximate surface area is 157 Å². The average Bonchev–Trinajstić information content (AvgIpc) is 3.23. The van der Waals surface area contributed by atoms with E-state index < -0.39 is 0 Å². The summed E-state index contributed by atoms with van der Waals surface area (Å²) >= 11 is 0. The Bertz CT molecular complexity index is 771. The second-order valence-corrected chi connectivity index (χ2v) is 6.04. The minimum Gasteiger partial charge on any atom is -0.492 e. The zero-order valence-electron chi connectivity index (χ0n) is 15.2. The molecule has 8 heteroatoms. The summed E-state index contributed by atoms with van der Waals surface area (Å²) in [6.45, 7) is 3.47. The van der Waals surface area contributed by atoms with Gasteiger partial charge in [0.1, 0.15) is 18.2 Å². The lowest BCUT2D eigenvalue weighted by molar-refractivity contribution is 0.0657. The van der Waals surface area contributed by atoms with Crippen LogP contribution in [0.15, 0.2) is 52.1 Å². The molecule has 1 aliphatic heterocycles. The van der Waals surface area contributed by atoms with Crippen molar-refractivity contribution in [2.75, 3.05) is 46.4 Å². The van der Waals surface area contributed by atoms with Crippen molar-refractivity contribution < 1.29 is 18.3 Å². The second-order valence-electron chi connectivity index (χ2n) is 6.04. The van der Waals surface area contributed by atoms with Gasteiger partial charge in [-0.3, -0.25) is 9.79 Å². The molecule has 1 fully saturated rings. The van der Waals surface area contributed by atoms with Gasteiger partial charge in [0.05, 0.1) is 12.8 Å². The summed E-state index contributed by atoms with van der Waals surface area (Å²) in [4.78, 5) is 20.5. The number of benzene rings is 1. The van der Waals surface area contributed by atoms with Crippen LogP contribution in [0.3, 0.4) is 0 Å². The van der Waals surface area contributed by atoms with Crippen molar-refractivity contribution >= 4 is 11.9 Å². The number of ether oxygens (including phenoxy) is 1. The Morgan fingerprint density at radius 3 is 2.67 bits per heavy atom. The fourth-order valence-electron chi connectivity index (χ4n) is 2.90. The van der Waals surface area contributed by atoms with Gasteiger partial charge in [-0.2, -0.15) is 0 Å². The van der Waals surface area contributed by atoms with Crippen LogP contribution in [0.5, 0.6) is 5.75 Å². The van der Waals surface area contributed by atoms with Crippen LogP contribution < -0.4 is 10.1 Å². The van der Waals surface area contributed by atoms with Crippen LogP contribution in [-0.2, 0) is 0 Å². The van der Waals surface area contributed by atoms with Crippen LogP contribution in [0, 0.1) is 5.82 Å². The number of hydrogen-bond donors (Lipinski definition) is 1. The maximum absolute atomic E-state index is 13.1. The van der Waals surface area contributed by atoms with E-state index in [1.165, 1.54) is 18.4 Å². The summed E-state index contributed by atoms with van der Waals surface area (Å²) in [5.74, 6) is 1.20. The van der Waals surface area contributed by atoms with Gasteiger partial charge in [-0.15, -0.1) is 0 Å². The Morgan fingerprint density at radius 2 is 2.00 bits per heavy atom. The number of hydrogen-bond acceptors (Lipinski definition) is 4. The third kappa shape index (κ3) is 4.99. The van der Waals surface area contributed by atoms with E-state index >= 15 is 0 Å². The number of nitrogens with one attached hydrogen (secondary N) is 1. The number of guanidine groups is 1. The zero-order valence-corrected chi connectivity index (χ0v) is 15.2. The van der Waals surface area contributed by atoms with E-state index in [0.29, 0.717) is 50.8 Å². The van der Waals surface area contributed by atoms with Gasteiger partial charge < -0.3 is 24.3 Å². The lowest BCUT2D eigenvalue weighted by Crippen LogP contribution is -2.54. The molecular weight excluding hydrogens is 351 g/mol. The molecule has 0 saturated carbocycles. The van der Waals surface area contributed by atoms with Crippen molar-refractivity contribution in [3.8, 4) is 5.75 Å². The highest BCUT2D eigenvalue weighted by atomic mass is 19.1. The van der Waals surface area contributed by atoms with E-state index in [9.17, 15) is 9.18 Å². The molecule has 0 radical (unpaired) electrons. The van der Waals surface area contributed by atoms with E-state index in [2.05, 4.69) is 15.2 Å². The standard InChI is InChI=1S/C19H23FN4O3/c1-21-19(22-7-13-26-16-5-2-4-15(20)14-16)24-10-8-23(9-11-24)18(25)17-6-3-12-27-17/h2-6,12,14H,7-11,13H2,1H3,(H,21,22). The minimum absolute atomic E-state index is 0.0916. The van der Waals surface area contributed by atoms with Crippen LogP contribution in [0.1, 0.15) is 10.6 Å². The van der Waals surface area contributed by atoms with Crippen molar-refractivity contribution in [1.29, 1.82) is 0 Å². The minimum atomic E-state index is -0.321. The average molecular weight is 374 g/mol. The summed E-state index contributed by atoms with van der Waals surface area (Å²) in [5.41, 5.74) is 0. The van der Waals surface area contributed by atoms with Crippen molar-refractivity contribution in [3.05, 3.63) is 54.2 Å². The molecule has 0 bridgehead atoms.